The Morgan fingerprint density at radius 3 is 1.81 bits per heavy atom. The highest BCUT2D eigenvalue weighted by atomic mass is 28.4. The van der Waals surface area contributed by atoms with E-state index in [1.54, 1.807) is 0 Å². The van der Waals surface area contributed by atoms with Crippen molar-refractivity contribution >= 4 is 18.7 Å². The van der Waals surface area contributed by atoms with Crippen LogP contribution in [0.2, 0.25) is 5.04 Å². The zero-order chi connectivity index (χ0) is 19.5. The van der Waals surface area contributed by atoms with Crippen LogP contribution < -0.4 is 16.1 Å². The predicted octanol–water partition coefficient (Wildman–Crippen LogP) is 3.20. The van der Waals surface area contributed by atoms with Gasteiger partial charge in [0.15, 0.2) is 0 Å². The van der Waals surface area contributed by atoms with Crippen LogP contribution in [0.5, 0.6) is 0 Å². The average molecular weight is 384 g/mol. The second-order valence-electron chi connectivity index (χ2n) is 9.01. The van der Waals surface area contributed by atoms with Gasteiger partial charge in [-0.25, -0.2) is 0 Å². The van der Waals surface area contributed by atoms with Gasteiger partial charge in [-0.2, -0.15) is 0 Å². The quantitative estimate of drug-likeness (QED) is 0.780. The minimum Gasteiger partial charge on any atom is -0.404 e. The van der Waals surface area contributed by atoms with Crippen LogP contribution in [0.25, 0.3) is 0 Å². The number of hydrogen-bond donors (Lipinski definition) is 2. The molecule has 0 saturated heterocycles. The van der Waals surface area contributed by atoms with Crippen molar-refractivity contribution in [3.05, 3.63) is 60.7 Å². The topological polar surface area (TPSA) is 55.5 Å². The lowest BCUT2D eigenvalue weighted by Gasteiger charge is -2.45. The monoisotopic (exact) mass is 383 g/mol. The highest BCUT2D eigenvalue weighted by Crippen LogP contribution is 2.38. The zero-order valence-electron chi connectivity index (χ0n) is 16.8. The fourth-order valence-electron chi connectivity index (χ4n) is 4.33. The Hall–Kier alpha value is -1.46. The summed E-state index contributed by atoms with van der Waals surface area (Å²) in [7, 11) is -2.59. The Kier molecular flexibility index (Phi) is 5.92. The first-order valence-electron chi connectivity index (χ1n) is 10.00. The summed E-state index contributed by atoms with van der Waals surface area (Å²) in [6.07, 6.45) is 3.15. The van der Waals surface area contributed by atoms with Crippen LogP contribution in [-0.2, 0) is 4.43 Å². The van der Waals surface area contributed by atoms with Crippen molar-refractivity contribution in [2.75, 3.05) is 6.61 Å². The molecule has 1 saturated carbocycles. The summed E-state index contributed by atoms with van der Waals surface area (Å²) in [6, 6.07) is 21.4. The van der Waals surface area contributed by atoms with E-state index < -0.39 is 13.9 Å². The third kappa shape index (κ3) is 4.19. The number of rotatable bonds is 5. The van der Waals surface area contributed by atoms with Crippen molar-refractivity contribution < 1.29 is 9.53 Å². The fourth-order valence-corrected chi connectivity index (χ4v) is 8.97. The summed E-state index contributed by atoms with van der Waals surface area (Å²) < 4.78 is 6.89. The molecule has 27 heavy (non-hydrogen) atoms. The molecule has 0 aliphatic heterocycles. The summed E-state index contributed by atoms with van der Waals surface area (Å²) in [6.45, 7) is 7.16. The molecule has 0 atom stereocenters. The number of benzene rings is 2. The van der Waals surface area contributed by atoms with Gasteiger partial charge >= 0.3 is 0 Å². The second kappa shape index (κ2) is 7.88. The molecule has 2 aromatic rings. The summed E-state index contributed by atoms with van der Waals surface area (Å²) in [4.78, 5) is 0. The lowest BCUT2D eigenvalue weighted by molar-refractivity contribution is -0.0398. The Morgan fingerprint density at radius 2 is 1.41 bits per heavy atom. The molecule has 0 bridgehead atoms. The van der Waals surface area contributed by atoms with Crippen molar-refractivity contribution in [1.82, 2.24) is 0 Å². The van der Waals surface area contributed by atoms with E-state index in [1.165, 1.54) is 10.4 Å². The Labute approximate surface area is 164 Å². The van der Waals surface area contributed by atoms with Gasteiger partial charge in [0.1, 0.15) is 0 Å². The first-order chi connectivity index (χ1) is 12.8. The summed E-state index contributed by atoms with van der Waals surface area (Å²) >= 11 is 0. The smallest absolute Gasteiger partial charge is 0.261 e. The van der Waals surface area contributed by atoms with E-state index in [0.717, 1.165) is 12.8 Å². The van der Waals surface area contributed by atoms with Gasteiger partial charge in [-0.1, -0.05) is 81.4 Å². The van der Waals surface area contributed by atoms with E-state index in [1.807, 2.05) is 12.1 Å². The second-order valence-corrected chi connectivity index (χ2v) is 13.3. The number of hydrogen-bond acceptors (Lipinski definition) is 3. The van der Waals surface area contributed by atoms with Crippen molar-refractivity contribution in [2.24, 2.45) is 5.73 Å². The zero-order valence-corrected chi connectivity index (χ0v) is 17.8. The molecule has 3 rings (SSSR count). The van der Waals surface area contributed by atoms with Crippen LogP contribution in [-0.4, -0.2) is 31.7 Å². The first kappa shape index (κ1) is 20.3. The molecule has 0 heterocycles. The standard InChI is InChI=1S/C23H33NO2Si/c1-22(2,3)27(20-10-6-4-7-11-20,21-12-8-5-9-13-21)26-18-23(25)16-14-19(24)15-17-23/h4-13,19,25H,14-18,24H2,1-3H3. The third-order valence-corrected chi connectivity index (χ3v) is 10.9. The third-order valence-electron chi connectivity index (χ3n) is 5.94. The molecular formula is C23H33NO2Si. The van der Waals surface area contributed by atoms with Crippen molar-refractivity contribution in [1.29, 1.82) is 0 Å². The molecule has 2 aromatic carbocycles. The van der Waals surface area contributed by atoms with Crippen molar-refractivity contribution in [3.63, 3.8) is 0 Å². The van der Waals surface area contributed by atoms with Crippen molar-refractivity contribution in [3.8, 4) is 0 Å². The maximum Gasteiger partial charge on any atom is 0.261 e. The van der Waals surface area contributed by atoms with E-state index in [-0.39, 0.29) is 11.1 Å². The lowest BCUT2D eigenvalue weighted by atomic mass is 9.83. The lowest BCUT2D eigenvalue weighted by Crippen LogP contribution is -2.67. The van der Waals surface area contributed by atoms with E-state index in [4.69, 9.17) is 10.2 Å². The molecule has 3 nitrogen and oxygen atoms in total. The average Bonchev–Trinajstić information content (AvgIpc) is 2.66. The first-order valence-corrected chi connectivity index (χ1v) is 11.9. The summed E-state index contributed by atoms with van der Waals surface area (Å²) in [5, 5.41) is 13.6. The molecule has 1 aliphatic rings. The molecule has 146 valence electrons. The molecule has 1 fully saturated rings. The SMILES string of the molecule is CC(C)(C)[Si](OCC1(O)CCC(N)CC1)(c1ccccc1)c1ccccc1. The van der Waals surface area contributed by atoms with Gasteiger partial charge in [0.2, 0.25) is 0 Å². The van der Waals surface area contributed by atoms with Crippen LogP contribution in [0.4, 0.5) is 0 Å². The molecule has 4 heteroatoms. The molecule has 0 aromatic heterocycles. The van der Waals surface area contributed by atoms with Crippen LogP contribution >= 0.6 is 0 Å². The van der Waals surface area contributed by atoms with Crippen LogP contribution in [0.3, 0.4) is 0 Å². The number of nitrogens with two attached hydrogens (primary N) is 1. The van der Waals surface area contributed by atoms with Gasteiger partial charge in [0, 0.05) is 6.04 Å². The normalized spacial score (nSPS) is 24.0. The highest BCUT2D eigenvalue weighted by molar-refractivity contribution is 6.99. The minimum absolute atomic E-state index is 0.0723. The fraction of sp³-hybridized carbons (Fsp3) is 0.478. The Morgan fingerprint density at radius 1 is 0.963 bits per heavy atom. The minimum atomic E-state index is -2.59. The Bertz CT molecular complexity index is 680. The van der Waals surface area contributed by atoms with Gasteiger partial charge in [-0.3, -0.25) is 0 Å². The van der Waals surface area contributed by atoms with Gasteiger partial charge in [0.05, 0.1) is 12.2 Å². The van der Waals surface area contributed by atoms with E-state index in [9.17, 15) is 5.11 Å². The van der Waals surface area contributed by atoms with Gasteiger partial charge in [-0.15, -0.1) is 0 Å². The van der Waals surface area contributed by atoms with Gasteiger partial charge in [0.25, 0.3) is 8.32 Å². The largest absolute Gasteiger partial charge is 0.404 e. The van der Waals surface area contributed by atoms with E-state index in [2.05, 4.69) is 69.3 Å². The molecule has 3 N–H and O–H groups in total. The molecule has 0 amide bonds. The molecular weight excluding hydrogens is 350 g/mol. The van der Waals surface area contributed by atoms with Crippen LogP contribution in [0, 0.1) is 0 Å². The molecule has 0 spiro atoms. The van der Waals surface area contributed by atoms with E-state index in [0.29, 0.717) is 19.4 Å². The van der Waals surface area contributed by atoms with E-state index >= 15 is 0 Å². The molecule has 0 radical (unpaired) electrons. The van der Waals surface area contributed by atoms with Crippen molar-refractivity contribution in [2.45, 2.75) is 63.1 Å². The van der Waals surface area contributed by atoms with Gasteiger partial charge < -0.3 is 15.3 Å². The summed E-state index contributed by atoms with van der Waals surface area (Å²) in [5.74, 6) is 0. The Balaban J connectivity index is 2.02. The maximum absolute atomic E-state index is 11.2. The summed E-state index contributed by atoms with van der Waals surface area (Å²) in [5.41, 5.74) is 5.27. The van der Waals surface area contributed by atoms with Crippen LogP contribution in [0.1, 0.15) is 46.5 Å². The van der Waals surface area contributed by atoms with Gasteiger partial charge in [-0.05, 0) is 41.1 Å². The predicted molar refractivity (Wildman–Crippen MR) is 115 cm³/mol. The maximum atomic E-state index is 11.2. The molecule has 0 unspecified atom stereocenters. The van der Waals surface area contributed by atoms with Crippen LogP contribution in [0.15, 0.2) is 60.7 Å². The molecule has 1 aliphatic carbocycles. The highest BCUT2D eigenvalue weighted by Gasteiger charge is 2.51. The number of aliphatic hydroxyl groups is 1.